The number of benzene rings is 1. The van der Waals surface area contributed by atoms with Crippen molar-refractivity contribution in [2.45, 2.75) is 45.7 Å². The Bertz CT molecular complexity index is 1170. The number of nitrogens with zero attached hydrogens (tertiary/aromatic N) is 1. The zero-order valence-corrected chi connectivity index (χ0v) is 20.2. The molecule has 5 N–H and O–H groups in total. The van der Waals surface area contributed by atoms with Gasteiger partial charge in [-0.15, -0.1) is 11.3 Å². The molecule has 1 fully saturated rings. The molecule has 35 heavy (non-hydrogen) atoms. The summed E-state index contributed by atoms with van der Waals surface area (Å²) in [7, 11) is 0. The number of amides is 2. The normalized spacial score (nSPS) is 16.8. The van der Waals surface area contributed by atoms with Crippen LogP contribution in [0.5, 0.6) is 5.75 Å². The highest BCUT2D eigenvalue weighted by atomic mass is 32.1. The number of ether oxygens (including phenoxy) is 1. The van der Waals surface area contributed by atoms with Gasteiger partial charge in [-0.3, -0.25) is 14.6 Å². The maximum absolute atomic E-state index is 13.0. The number of carbonyl (C=O) groups excluding carboxylic acids is 2. The number of hydrogen-bond donors (Lipinski definition) is 3. The molecule has 0 bridgehead atoms. The first kappa shape index (κ1) is 26.3. The Morgan fingerprint density at radius 1 is 1.11 bits per heavy atom. The minimum atomic E-state index is -4.57. The fraction of sp³-hybridized carbons (Fsp3) is 0.375. The van der Waals surface area contributed by atoms with Crippen molar-refractivity contribution >= 4 is 33.9 Å². The lowest BCUT2D eigenvalue weighted by Gasteiger charge is -2.21. The molecule has 188 valence electrons. The summed E-state index contributed by atoms with van der Waals surface area (Å²) >= 11 is 1.28. The summed E-state index contributed by atoms with van der Waals surface area (Å²) in [6.07, 6.45) is -2.43. The number of aryl methyl sites for hydroxylation is 1. The van der Waals surface area contributed by atoms with E-state index in [2.05, 4.69) is 10.3 Å². The van der Waals surface area contributed by atoms with E-state index < -0.39 is 23.7 Å². The molecule has 1 aliphatic carbocycles. The first-order valence-corrected chi connectivity index (χ1v) is 11.8. The van der Waals surface area contributed by atoms with Gasteiger partial charge in [0.15, 0.2) is 0 Å². The lowest BCUT2D eigenvalue weighted by atomic mass is 9.91. The van der Waals surface area contributed by atoms with E-state index in [1.165, 1.54) is 11.3 Å². The molecule has 0 unspecified atom stereocenters. The molecule has 1 heterocycles. The molecule has 0 radical (unpaired) electrons. The van der Waals surface area contributed by atoms with Crippen molar-refractivity contribution in [1.29, 1.82) is 0 Å². The van der Waals surface area contributed by atoms with Crippen LogP contribution in [0.25, 0.3) is 0 Å². The quantitative estimate of drug-likeness (QED) is 0.462. The van der Waals surface area contributed by atoms with E-state index in [1.807, 2.05) is 6.92 Å². The molecular weight excluding hydrogens is 481 g/mol. The van der Waals surface area contributed by atoms with Gasteiger partial charge in [0.1, 0.15) is 23.1 Å². The Morgan fingerprint density at radius 2 is 1.77 bits per heavy atom. The second kappa shape index (κ2) is 10.9. The monoisotopic (exact) mass is 508 g/mol. The lowest BCUT2D eigenvalue weighted by molar-refractivity contribution is -0.0933. The van der Waals surface area contributed by atoms with Crippen LogP contribution in [-0.4, -0.2) is 36.9 Å². The fourth-order valence-corrected chi connectivity index (χ4v) is 4.82. The molecule has 0 atom stereocenters. The number of nitrogens with one attached hydrogen (secondary N) is 1. The highest BCUT2D eigenvalue weighted by molar-refractivity contribution is 7.16. The maximum atomic E-state index is 13.0. The molecule has 1 aliphatic rings. The largest absolute Gasteiger partial charge is 0.492 e. The Labute approximate surface area is 205 Å². The standard InChI is InChI=1S/C24H27F3N4O3S/c1-13-14(2)35-23(19(13)21(29)32)31-22(33)15-7-9-16(10-8-15)34-12-11-30-18-6-4-3-5-17(18)20(28)24(25,26)27/h7-10H,3-6,11-12,28H2,1-2H3,(H2,29,32)(H,31,33). The van der Waals surface area contributed by atoms with E-state index in [-0.39, 0.29) is 25.1 Å². The highest BCUT2D eigenvalue weighted by Crippen LogP contribution is 2.33. The molecule has 1 aromatic carbocycles. The van der Waals surface area contributed by atoms with Gasteiger partial charge in [0.25, 0.3) is 11.8 Å². The van der Waals surface area contributed by atoms with Gasteiger partial charge in [-0.05, 0) is 69.4 Å². The van der Waals surface area contributed by atoms with Crippen LogP contribution in [0, 0.1) is 13.8 Å². The summed E-state index contributed by atoms with van der Waals surface area (Å²) < 4.78 is 44.6. The Morgan fingerprint density at radius 3 is 2.40 bits per heavy atom. The van der Waals surface area contributed by atoms with Gasteiger partial charge in [0.05, 0.1) is 12.1 Å². The van der Waals surface area contributed by atoms with E-state index in [0.717, 1.165) is 16.9 Å². The molecular formula is C24H27F3N4O3S. The Kier molecular flexibility index (Phi) is 8.21. The van der Waals surface area contributed by atoms with Gasteiger partial charge in [-0.25, -0.2) is 0 Å². The number of anilines is 1. The number of carbonyl (C=O) groups is 2. The third-order valence-corrected chi connectivity index (χ3v) is 6.83. The molecule has 2 amide bonds. The van der Waals surface area contributed by atoms with Gasteiger partial charge >= 0.3 is 6.18 Å². The summed E-state index contributed by atoms with van der Waals surface area (Å²) in [5, 5.41) is 3.13. The third kappa shape index (κ3) is 6.41. The van der Waals surface area contributed by atoms with Crippen molar-refractivity contribution in [2.24, 2.45) is 16.5 Å². The number of nitrogens with two attached hydrogens (primary N) is 2. The van der Waals surface area contributed by atoms with Crippen LogP contribution < -0.4 is 21.5 Å². The molecule has 3 rings (SSSR count). The lowest BCUT2D eigenvalue weighted by Crippen LogP contribution is -2.26. The van der Waals surface area contributed by atoms with E-state index in [9.17, 15) is 22.8 Å². The Hall–Kier alpha value is -3.34. The third-order valence-electron chi connectivity index (χ3n) is 5.71. The van der Waals surface area contributed by atoms with Gasteiger partial charge in [-0.2, -0.15) is 13.2 Å². The molecule has 2 aromatic rings. The van der Waals surface area contributed by atoms with Crippen molar-refractivity contribution in [3.63, 3.8) is 0 Å². The second-order valence-corrected chi connectivity index (χ2v) is 9.33. The topological polar surface area (TPSA) is 120 Å². The number of aliphatic imine (C=N–C) groups is 1. The first-order valence-electron chi connectivity index (χ1n) is 11.0. The van der Waals surface area contributed by atoms with Crippen molar-refractivity contribution in [2.75, 3.05) is 18.5 Å². The van der Waals surface area contributed by atoms with Gasteiger partial charge < -0.3 is 21.5 Å². The van der Waals surface area contributed by atoms with Crippen LogP contribution in [-0.2, 0) is 0 Å². The minimum absolute atomic E-state index is 0.0785. The smallest absolute Gasteiger partial charge is 0.431 e. The molecule has 1 aromatic heterocycles. The number of hydrogen-bond acceptors (Lipinski definition) is 6. The summed E-state index contributed by atoms with van der Waals surface area (Å²) in [5.41, 5.74) is 11.6. The number of rotatable bonds is 7. The number of thiophene rings is 1. The van der Waals surface area contributed by atoms with Crippen LogP contribution in [0.3, 0.4) is 0 Å². The predicted molar refractivity (Wildman–Crippen MR) is 130 cm³/mol. The van der Waals surface area contributed by atoms with E-state index in [4.69, 9.17) is 16.2 Å². The average molecular weight is 509 g/mol. The van der Waals surface area contributed by atoms with Crippen LogP contribution in [0.2, 0.25) is 0 Å². The van der Waals surface area contributed by atoms with Crippen molar-refractivity contribution in [3.05, 3.63) is 57.1 Å². The maximum Gasteiger partial charge on any atom is 0.431 e. The summed E-state index contributed by atoms with van der Waals surface area (Å²) in [5.74, 6) is -0.520. The molecule has 11 heteroatoms. The van der Waals surface area contributed by atoms with E-state index in [0.29, 0.717) is 40.4 Å². The molecule has 1 saturated carbocycles. The molecule has 0 aliphatic heterocycles. The van der Waals surface area contributed by atoms with E-state index >= 15 is 0 Å². The summed E-state index contributed by atoms with van der Waals surface area (Å²) in [6, 6.07) is 6.35. The zero-order chi connectivity index (χ0) is 25.8. The Balaban J connectivity index is 1.59. The van der Waals surface area contributed by atoms with Crippen molar-refractivity contribution in [3.8, 4) is 5.75 Å². The number of primary amides is 1. The average Bonchev–Trinajstić information content (AvgIpc) is 3.09. The van der Waals surface area contributed by atoms with Crippen molar-refractivity contribution in [1.82, 2.24) is 0 Å². The minimum Gasteiger partial charge on any atom is -0.492 e. The van der Waals surface area contributed by atoms with Gasteiger partial charge in [0.2, 0.25) is 0 Å². The summed E-state index contributed by atoms with van der Waals surface area (Å²) in [4.78, 5) is 29.5. The zero-order valence-electron chi connectivity index (χ0n) is 19.4. The van der Waals surface area contributed by atoms with Crippen molar-refractivity contribution < 1.29 is 27.5 Å². The predicted octanol–water partition coefficient (Wildman–Crippen LogP) is 4.89. The van der Waals surface area contributed by atoms with Crippen LogP contribution in [0.4, 0.5) is 18.2 Å². The summed E-state index contributed by atoms with van der Waals surface area (Å²) in [6.45, 7) is 3.95. The molecule has 0 saturated heterocycles. The number of alkyl halides is 3. The molecule has 0 spiro atoms. The van der Waals surface area contributed by atoms with E-state index in [1.54, 1.807) is 31.2 Å². The van der Waals surface area contributed by atoms with Crippen LogP contribution >= 0.6 is 11.3 Å². The highest BCUT2D eigenvalue weighted by Gasteiger charge is 2.35. The first-order chi connectivity index (χ1) is 16.5. The van der Waals surface area contributed by atoms with Crippen LogP contribution in [0.15, 0.2) is 40.5 Å². The number of allylic oxidation sites excluding steroid dienone is 2. The SMILES string of the molecule is Cc1sc(NC(=O)c2ccc(OCCN=C3CCCCC3=C(N)C(F)(F)F)cc2)c(C(N)=O)c1C. The molecule has 7 nitrogen and oxygen atoms in total. The number of halogens is 3. The van der Waals surface area contributed by atoms with Gasteiger partial charge in [0, 0.05) is 21.7 Å². The fourth-order valence-electron chi connectivity index (χ4n) is 3.76. The van der Waals surface area contributed by atoms with Gasteiger partial charge in [-0.1, -0.05) is 0 Å². The van der Waals surface area contributed by atoms with Crippen LogP contribution in [0.1, 0.15) is 56.8 Å². The second-order valence-electron chi connectivity index (χ2n) is 8.10.